The van der Waals surface area contributed by atoms with E-state index in [2.05, 4.69) is 5.32 Å². The number of ether oxygens (including phenoxy) is 1. The van der Waals surface area contributed by atoms with Crippen molar-refractivity contribution < 1.29 is 19.2 Å². The molecule has 130 valence electrons. The highest BCUT2D eigenvalue weighted by Crippen LogP contribution is 2.14. The zero-order valence-corrected chi connectivity index (χ0v) is 14.0. The average Bonchev–Trinajstić information content (AvgIpc) is 2.61. The molecule has 7 nitrogen and oxygen atoms in total. The minimum Gasteiger partial charge on any atom is -0.467 e. The lowest BCUT2D eigenvalue weighted by Gasteiger charge is -2.16. The predicted octanol–water partition coefficient (Wildman–Crippen LogP) is 2.76. The number of nitro groups is 1. The van der Waals surface area contributed by atoms with Gasteiger partial charge in [0.15, 0.2) is 0 Å². The molecule has 8 heteroatoms. The maximum absolute atomic E-state index is 12.3. The summed E-state index contributed by atoms with van der Waals surface area (Å²) < 4.78 is 4.72. The van der Waals surface area contributed by atoms with Gasteiger partial charge >= 0.3 is 5.97 Å². The van der Waals surface area contributed by atoms with Crippen LogP contribution < -0.4 is 5.32 Å². The topological polar surface area (TPSA) is 98.5 Å². The summed E-state index contributed by atoms with van der Waals surface area (Å²) in [7, 11) is 1.22. The Hall–Kier alpha value is -2.93. The number of nitrogens with one attached hydrogen (secondary N) is 1. The second-order valence-corrected chi connectivity index (χ2v) is 5.62. The predicted molar refractivity (Wildman–Crippen MR) is 91.5 cm³/mol. The van der Waals surface area contributed by atoms with Gasteiger partial charge in [-0.15, -0.1) is 0 Å². The van der Waals surface area contributed by atoms with Crippen molar-refractivity contribution in [2.75, 3.05) is 7.11 Å². The number of hydrogen-bond acceptors (Lipinski definition) is 5. The van der Waals surface area contributed by atoms with E-state index in [1.54, 1.807) is 12.1 Å². The Kier molecular flexibility index (Phi) is 6.08. The third-order valence-corrected chi connectivity index (χ3v) is 3.74. The molecule has 2 aromatic carbocycles. The molecule has 0 aromatic heterocycles. The van der Waals surface area contributed by atoms with E-state index in [0.717, 1.165) is 0 Å². The van der Waals surface area contributed by atoms with Crippen molar-refractivity contribution in [3.63, 3.8) is 0 Å². The van der Waals surface area contributed by atoms with E-state index in [-0.39, 0.29) is 12.1 Å². The van der Waals surface area contributed by atoms with Gasteiger partial charge in [-0.25, -0.2) is 4.79 Å². The SMILES string of the molecule is COC(=O)[C@H](Cc1ccc([N+](=O)[O-])cc1)NC(=O)c1ccc(Cl)cc1. The van der Waals surface area contributed by atoms with Crippen molar-refractivity contribution in [1.29, 1.82) is 0 Å². The number of methoxy groups -OCH3 is 1. The minimum absolute atomic E-state index is 0.0523. The number of carbonyl (C=O) groups is 2. The van der Waals surface area contributed by atoms with E-state index < -0.39 is 22.8 Å². The first-order chi connectivity index (χ1) is 11.9. The summed E-state index contributed by atoms with van der Waals surface area (Å²) in [4.78, 5) is 34.4. The molecule has 0 bridgehead atoms. The molecule has 0 saturated carbocycles. The van der Waals surface area contributed by atoms with E-state index in [0.29, 0.717) is 16.1 Å². The van der Waals surface area contributed by atoms with Gasteiger partial charge in [-0.05, 0) is 29.8 Å². The molecule has 0 saturated heterocycles. The fourth-order valence-electron chi connectivity index (χ4n) is 2.17. The molecule has 0 spiro atoms. The Morgan fingerprint density at radius 2 is 1.76 bits per heavy atom. The third-order valence-electron chi connectivity index (χ3n) is 3.48. The van der Waals surface area contributed by atoms with Crippen LogP contribution >= 0.6 is 11.6 Å². The second kappa shape index (κ2) is 8.25. The minimum atomic E-state index is -0.922. The van der Waals surface area contributed by atoms with Crippen molar-refractivity contribution in [1.82, 2.24) is 5.32 Å². The first-order valence-electron chi connectivity index (χ1n) is 7.28. The number of nitrogens with zero attached hydrogens (tertiary/aromatic N) is 1. The largest absolute Gasteiger partial charge is 0.467 e. The first kappa shape index (κ1) is 18.4. The lowest BCUT2D eigenvalue weighted by Crippen LogP contribution is -2.43. The number of rotatable bonds is 6. The highest BCUT2D eigenvalue weighted by Gasteiger charge is 2.23. The molecule has 0 unspecified atom stereocenters. The Bertz CT molecular complexity index is 775. The number of esters is 1. The Balaban J connectivity index is 2.13. The van der Waals surface area contributed by atoms with Gasteiger partial charge in [-0.1, -0.05) is 23.7 Å². The lowest BCUT2D eigenvalue weighted by molar-refractivity contribution is -0.384. The molecule has 1 atom stereocenters. The third kappa shape index (κ3) is 5.02. The fraction of sp³-hybridized carbons (Fsp3) is 0.176. The molecule has 0 fully saturated rings. The number of hydrogen-bond donors (Lipinski definition) is 1. The van der Waals surface area contributed by atoms with Crippen LogP contribution in [0.4, 0.5) is 5.69 Å². The fourth-order valence-corrected chi connectivity index (χ4v) is 2.29. The normalized spacial score (nSPS) is 11.4. The molecule has 0 aliphatic carbocycles. The summed E-state index contributed by atoms with van der Waals surface area (Å²) in [5.74, 6) is -1.06. The van der Waals surface area contributed by atoms with Gasteiger partial charge in [0.2, 0.25) is 0 Å². The molecule has 0 aliphatic heterocycles. The van der Waals surface area contributed by atoms with E-state index in [4.69, 9.17) is 16.3 Å². The number of amides is 1. The number of halogens is 1. The van der Waals surface area contributed by atoms with Crippen molar-refractivity contribution in [2.45, 2.75) is 12.5 Å². The van der Waals surface area contributed by atoms with Gasteiger partial charge in [0.05, 0.1) is 12.0 Å². The second-order valence-electron chi connectivity index (χ2n) is 5.18. The molecule has 0 radical (unpaired) electrons. The number of benzene rings is 2. The van der Waals surface area contributed by atoms with Crippen LogP contribution in [0.2, 0.25) is 5.02 Å². The summed E-state index contributed by atoms with van der Waals surface area (Å²) in [6.07, 6.45) is 0.143. The van der Waals surface area contributed by atoms with Crippen molar-refractivity contribution in [3.05, 3.63) is 74.8 Å². The van der Waals surface area contributed by atoms with E-state index in [9.17, 15) is 19.7 Å². The van der Waals surface area contributed by atoms with Crippen LogP contribution in [0.3, 0.4) is 0 Å². The maximum Gasteiger partial charge on any atom is 0.328 e. The highest BCUT2D eigenvalue weighted by atomic mass is 35.5. The summed E-state index contributed by atoms with van der Waals surface area (Å²) in [6, 6.07) is 11.0. The molecule has 2 aromatic rings. The van der Waals surface area contributed by atoms with Crippen molar-refractivity contribution in [3.8, 4) is 0 Å². The Morgan fingerprint density at radius 1 is 1.16 bits per heavy atom. The molecular formula is C17H15ClN2O5. The molecule has 25 heavy (non-hydrogen) atoms. The molecule has 0 heterocycles. The van der Waals surface area contributed by atoms with Gasteiger partial charge in [0.25, 0.3) is 11.6 Å². The quantitative estimate of drug-likeness (QED) is 0.484. The summed E-state index contributed by atoms with van der Waals surface area (Å²) in [5.41, 5.74) is 0.947. The Morgan fingerprint density at radius 3 is 2.28 bits per heavy atom. The van der Waals surface area contributed by atoms with Crippen molar-refractivity contribution >= 4 is 29.2 Å². The molecule has 2 rings (SSSR count). The van der Waals surface area contributed by atoms with Crippen LogP contribution in [0.25, 0.3) is 0 Å². The van der Waals surface area contributed by atoms with Crippen LogP contribution in [0.15, 0.2) is 48.5 Å². The van der Waals surface area contributed by atoms with Crippen LogP contribution in [-0.4, -0.2) is 30.0 Å². The van der Waals surface area contributed by atoms with Gasteiger partial charge in [0, 0.05) is 29.1 Å². The van der Waals surface area contributed by atoms with E-state index in [1.165, 1.54) is 43.5 Å². The van der Waals surface area contributed by atoms with Gasteiger partial charge < -0.3 is 10.1 Å². The van der Waals surface area contributed by atoms with Crippen LogP contribution in [0.5, 0.6) is 0 Å². The molecule has 0 aliphatic rings. The van der Waals surface area contributed by atoms with Crippen LogP contribution in [0, 0.1) is 10.1 Å². The first-order valence-corrected chi connectivity index (χ1v) is 7.66. The number of non-ortho nitro benzene ring substituents is 1. The molecule has 1 N–H and O–H groups in total. The van der Waals surface area contributed by atoms with Crippen molar-refractivity contribution in [2.24, 2.45) is 0 Å². The van der Waals surface area contributed by atoms with Crippen LogP contribution in [-0.2, 0) is 16.0 Å². The smallest absolute Gasteiger partial charge is 0.328 e. The Labute approximate surface area is 148 Å². The highest BCUT2D eigenvalue weighted by molar-refractivity contribution is 6.30. The van der Waals surface area contributed by atoms with E-state index in [1.807, 2.05) is 0 Å². The standard InChI is InChI=1S/C17H15ClN2O5/c1-25-17(22)15(10-11-2-8-14(9-3-11)20(23)24)19-16(21)12-4-6-13(18)7-5-12/h2-9,15H,10H2,1H3,(H,19,21)/t15-/m0/s1. The van der Waals surface area contributed by atoms with Gasteiger partial charge in [-0.2, -0.15) is 0 Å². The summed E-state index contributed by atoms with van der Waals surface area (Å²) >= 11 is 5.78. The monoisotopic (exact) mass is 362 g/mol. The molecule has 1 amide bonds. The number of carbonyl (C=O) groups excluding carboxylic acids is 2. The van der Waals surface area contributed by atoms with Gasteiger partial charge in [-0.3, -0.25) is 14.9 Å². The zero-order chi connectivity index (χ0) is 18.4. The van der Waals surface area contributed by atoms with Crippen LogP contribution in [0.1, 0.15) is 15.9 Å². The van der Waals surface area contributed by atoms with Gasteiger partial charge in [0.1, 0.15) is 6.04 Å². The van der Waals surface area contributed by atoms with E-state index >= 15 is 0 Å². The number of nitro benzene ring substituents is 1. The lowest BCUT2D eigenvalue weighted by atomic mass is 10.0. The maximum atomic E-state index is 12.3. The zero-order valence-electron chi connectivity index (χ0n) is 13.3. The summed E-state index contributed by atoms with van der Waals surface area (Å²) in [5, 5.41) is 13.8. The average molecular weight is 363 g/mol. The summed E-state index contributed by atoms with van der Waals surface area (Å²) in [6.45, 7) is 0. The molecular weight excluding hydrogens is 348 g/mol.